The van der Waals surface area contributed by atoms with Gasteiger partial charge in [0.1, 0.15) is 0 Å². The van der Waals surface area contributed by atoms with Crippen LogP contribution in [0, 0.1) is 0 Å². The molecule has 0 aromatic carbocycles. The van der Waals surface area contributed by atoms with Gasteiger partial charge in [-0.1, -0.05) is 20.3 Å². The summed E-state index contributed by atoms with van der Waals surface area (Å²) < 4.78 is 0. The van der Waals surface area contributed by atoms with Gasteiger partial charge in [-0.2, -0.15) is 0 Å². The summed E-state index contributed by atoms with van der Waals surface area (Å²) in [6.07, 6.45) is 5.19. The van der Waals surface area contributed by atoms with Crippen LogP contribution in [0.25, 0.3) is 0 Å². The van der Waals surface area contributed by atoms with E-state index in [2.05, 4.69) is 19.2 Å². The van der Waals surface area contributed by atoms with Crippen LogP contribution in [0.4, 0.5) is 0 Å². The summed E-state index contributed by atoms with van der Waals surface area (Å²) >= 11 is 1.93. The molecule has 0 spiro atoms. The molecule has 0 bridgehead atoms. The molecule has 0 radical (unpaired) electrons. The highest BCUT2D eigenvalue weighted by molar-refractivity contribution is 7.11. The molecular formula is C12H20N2S. The number of nitrogens with zero attached hydrogens (tertiary/aromatic N) is 1. The SMILES string of the molecule is CCNCc1sc(C2CCC2)nc1CC. The Balaban J connectivity index is 2.09. The Bertz CT molecular complexity index is 315. The standard InChI is InChI=1S/C12H20N2S/c1-3-10-11(8-13-4-2)15-12(14-10)9-6-5-7-9/h9,13H,3-8H2,1-2H3. The molecule has 1 aromatic rings. The number of hydrogen-bond donors (Lipinski definition) is 1. The topological polar surface area (TPSA) is 24.9 Å². The lowest BCUT2D eigenvalue weighted by Gasteiger charge is -2.22. The van der Waals surface area contributed by atoms with Crippen molar-refractivity contribution in [2.45, 2.75) is 52.0 Å². The largest absolute Gasteiger partial charge is 0.312 e. The van der Waals surface area contributed by atoms with Crippen LogP contribution < -0.4 is 5.32 Å². The molecular weight excluding hydrogens is 204 g/mol. The third-order valence-electron chi connectivity index (χ3n) is 3.12. The van der Waals surface area contributed by atoms with E-state index < -0.39 is 0 Å². The molecule has 2 rings (SSSR count). The van der Waals surface area contributed by atoms with Crippen LogP contribution in [0.5, 0.6) is 0 Å². The highest BCUT2D eigenvalue weighted by Gasteiger charge is 2.23. The van der Waals surface area contributed by atoms with E-state index in [9.17, 15) is 0 Å². The molecule has 0 atom stereocenters. The van der Waals surface area contributed by atoms with Gasteiger partial charge in [0.15, 0.2) is 0 Å². The van der Waals surface area contributed by atoms with Crippen LogP contribution in [0.1, 0.15) is 54.6 Å². The van der Waals surface area contributed by atoms with Crippen LogP contribution in [0.15, 0.2) is 0 Å². The maximum atomic E-state index is 4.78. The number of nitrogens with one attached hydrogen (secondary N) is 1. The second kappa shape index (κ2) is 5.08. The predicted octanol–water partition coefficient (Wildman–Crippen LogP) is 3.08. The molecule has 2 nitrogen and oxygen atoms in total. The van der Waals surface area contributed by atoms with Crippen molar-refractivity contribution in [1.29, 1.82) is 0 Å². The van der Waals surface area contributed by atoms with Gasteiger partial charge >= 0.3 is 0 Å². The van der Waals surface area contributed by atoms with Gasteiger partial charge in [0.25, 0.3) is 0 Å². The third-order valence-corrected chi connectivity index (χ3v) is 4.38. The van der Waals surface area contributed by atoms with Gasteiger partial charge in [-0.15, -0.1) is 11.3 Å². The fraction of sp³-hybridized carbons (Fsp3) is 0.750. The Hall–Kier alpha value is -0.410. The van der Waals surface area contributed by atoms with Crippen LogP contribution in [0.3, 0.4) is 0 Å². The number of thiazole rings is 1. The lowest BCUT2D eigenvalue weighted by Crippen LogP contribution is -2.11. The van der Waals surface area contributed by atoms with Gasteiger partial charge in [0.05, 0.1) is 10.7 Å². The van der Waals surface area contributed by atoms with Crippen LogP contribution in [-0.4, -0.2) is 11.5 Å². The quantitative estimate of drug-likeness (QED) is 0.831. The van der Waals surface area contributed by atoms with E-state index in [1.165, 1.54) is 34.8 Å². The van der Waals surface area contributed by atoms with Crippen molar-refractivity contribution < 1.29 is 0 Å². The molecule has 1 aromatic heterocycles. The number of rotatable bonds is 5. The summed E-state index contributed by atoms with van der Waals surface area (Å²) in [5, 5.41) is 4.79. The average molecular weight is 224 g/mol. The molecule has 1 fully saturated rings. The molecule has 3 heteroatoms. The molecule has 84 valence electrons. The Morgan fingerprint density at radius 1 is 1.40 bits per heavy atom. The van der Waals surface area contributed by atoms with Crippen molar-refractivity contribution in [2.75, 3.05) is 6.54 Å². The number of hydrogen-bond acceptors (Lipinski definition) is 3. The lowest BCUT2D eigenvalue weighted by atomic mass is 9.86. The average Bonchev–Trinajstić information content (AvgIpc) is 2.55. The highest BCUT2D eigenvalue weighted by atomic mass is 32.1. The highest BCUT2D eigenvalue weighted by Crippen LogP contribution is 2.39. The van der Waals surface area contributed by atoms with Crippen molar-refractivity contribution in [3.63, 3.8) is 0 Å². The van der Waals surface area contributed by atoms with E-state index >= 15 is 0 Å². The maximum Gasteiger partial charge on any atom is 0.0962 e. The van der Waals surface area contributed by atoms with E-state index in [0.29, 0.717) is 0 Å². The van der Waals surface area contributed by atoms with Crippen molar-refractivity contribution in [3.8, 4) is 0 Å². The first-order chi connectivity index (χ1) is 7.35. The summed E-state index contributed by atoms with van der Waals surface area (Å²) in [5.74, 6) is 0.788. The van der Waals surface area contributed by atoms with E-state index in [-0.39, 0.29) is 0 Å². The zero-order chi connectivity index (χ0) is 10.7. The predicted molar refractivity (Wildman–Crippen MR) is 65.5 cm³/mol. The normalized spacial score (nSPS) is 16.7. The summed E-state index contributed by atoms with van der Waals surface area (Å²) in [6, 6.07) is 0. The van der Waals surface area contributed by atoms with E-state index in [0.717, 1.165) is 25.4 Å². The second-order valence-electron chi connectivity index (χ2n) is 4.18. The maximum absolute atomic E-state index is 4.78. The molecule has 0 amide bonds. The fourth-order valence-corrected chi connectivity index (χ4v) is 3.18. The van der Waals surface area contributed by atoms with E-state index in [1.807, 2.05) is 11.3 Å². The third kappa shape index (κ3) is 2.40. The first-order valence-corrected chi connectivity index (χ1v) is 6.86. The van der Waals surface area contributed by atoms with Crippen molar-refractivity contribution >= 4 is 11.3 Å². The minimum Gasteiger partial charge on any atom is -0.312 e. The van der Waals surface area contributed by atoms with E-state index in [1.54, 1.807) is 0 Å². The summed E-state index contributed by atoms with van der Waals surface area (Å²) in [4.78, 5) is 6.24. The molecule has 0 saturated heterocycles. The molecule has 15 heavy (non-hydrogen) atoms. The van der Waals surface area contributed by atoms with Crippen LogP contribution in [0.2, 0.25) is 0 Å². The number of aryl methyl sites for hydroxylation is 1. The second-order valence-corrected chi connectivity index (χ2v) is 5.30. The van der Waals surface area contributed by atoms with Crippen molar-refractivity contribution in [3.05, 3.63) is 15.6 Å². The minimum absolute atomic E-state index is 0.788. The zero-order valence-corrected chi connectivity index (χ0v) is 10.5. The monoisotopic (exact) mass is 224 g/mol. The van der Waals surface area contributed by atoms with Crippen molar-refractivity contribution in [1.82, 2.24) is 10.3 Å². The minimum atomic E-state index is 0.788. The summed E-state index contributed by atoms with van der Waals surface area (Å²) in [5.41, 5.74) is 1.32. The summed E-state index contributed by atoms with van der Waals surface area (Å²) in [7, 11) is 0. The van der Waals surface area contributed by atoms with Gasteiger partial charge in [-0.3, -0.25) is 0 Å². The Labute approximate surface area is 96.1 Å². The van der Waals surface area contributed by atoms with Gasteiger partial charge in [0, 0.05) is 17.3 Å². The Morgan fingerprint density at radius 2 is 2.20 bits per heavy atom. The molecule has 1 aliphatic carbocycles. The van der Waals surface area contributed by atoms with Gasteiger partial charge < -0.3 is 5.32 Å². The fourth-order valence-electron chi connectivity index (χ4n) is 1.89. The van der Waals surface area contributed by atoms with Crippen LogP contribution >= 0.6 is 11.3 Å². The van der Waals surface area contributed by atoms with Gasteiger partial charge in [0.2, 0.25) is 0 Å². The van der Waals surface area contributed by atoms with Crippen molar-refractivity contribution in [2.24, 2.45) is 0 Å². The molecule has 1 aliphatic rings. The zero-order valence-electron chi connectivity index (χ0n) is 9.68. The smallest absolute Gasteiger partial charge is 0.0962 e. The van der Waals surface area contributed by atoms with Gasteiger partial charge in [-0.25, -0.2) is 4.98 Å². The molecule has 1 N–H and O–H groups in total. The molecule has 1 saturated carbocycles. The molecule has 1 heterocycles. The Morgan fingerprint density at radius 3 is 2.73 bits per heavy atom. The number of aromatic nitrogens is 1. The molecule has 0 aliphatic heterocycles. The first kappa shape index (κ1) is 11.1. The molecule has 0 unspecified atom stereocenters. The Kier molecular flexibility index (Phi) is 3.76. The first-order valence-electron chi connectivity index (χ1n) is 6.04. The summed E-state index contributed by atoms with van der Waals surface area (Å²) in [6.45, 7) is 6.40. The van der Waals surface area contributed by atoms with Gasteiger partial charge in [-0.05, 0) is 25.8 Å². The lowest BCUT2D eigenvalue weighted by molar-refractivity contribution is 0.418. The van der Waals surface area contributed by atoms with Crippen LogP contribution in [-0.2, 0) is 13.0 Å². The van der Waals surface area contributed by atoms with E-state index in [4.69, 9.17) is 4.98 Å².